The summed E-state index contributed by atoms with van der Waals surface area (Å²) in [6.45, 7) is 3.85. The number of hydrogen-bond acceptors (Lipinski definition) is 5. The van der Waals surface area contributed by atoms with Gasteiger partial charge in [0.25, 0.3) is 0 Å². The van der Waals surface area contributed by atoms with E-state index < -0.39 is 0 Å². The molecule has 0 aliphatic rings. The zero-order valence-electron chi connectivity index (χ0n) is 13.8. The highest BCUT2D eigenvalue weighted by atomic mass is 35.5. The van der Waals surface area contributed by atoms with Gasteiger partial charge in [0.15, 0.2) is 0 Å². The molecule has 6 heteroatoms. The minimum absolute atomic E-state index is 0.454. The fourth-order valence-electron chi connectivity index (χ4n) is 2.30. The van der Waals surface area contributed by atoms with Gasteiger partial charge in [-0.2, -0.15) is 10.2 Å². The van der Waals surface area contributed by atoms with Crippen LogP contribution in [0.1, 0.15) is 16.8 Å². The molecule has 0 radical (unpaired) electrons. The average molecular weight is 350 g/mol. The molecule has 0 atom stereocenters. The summed E-state index contributed by atoms with van der Waals surface area (Å²) in [4.78, 5) is 8.86. The number of anilines is 4. The van der Waals surface area contributed by atoms with Crippen molar-refractivity contribution < 1.29 is 0 Å². The van der Waals surface area contributed by atoms with Crippen LogP contribution < -0.4 is 10.6 Å². The van der Waals surface area contributed by atoms with E-state index in [1.54, 1.807) is 12.1 Å². The lowest BCUT2D eigenvalue weighted by Gasteiger charge is -2.11. The summed E-state index contributed by atoms with van der Waals surface area (Å²) in [6, 6.07) is 16.9. The molecule has 0 aliphatic heterocycles. The minimum Gasteiger partial charge on any atom is -0.340 e. The van der Waals surface area contributed by atoms with Gasteiger partial charge in [0.05, 0.1) is 11.6 Å². The van der Waals surface area contributed by atoms with Crippen LogP contribution in [0.25, 0.3) is 0 Å². The molecule has 3 aromatic rings. The largest absolute Gasteiger partial charge is 0.340 e. The maximum atomic E-state index is 8.99. The van der Waals surface area contributed by atoms with Crippen molar-refractivity contribution in [1.82, 2.24) is 9.97 Å². The third kappa shape index (κ3) is 4.25. The Morgan fingerprint density at radius 1 is 0.960 bits per heavy atom. The third-order valence-corrected chi connectivity index (χ3v) is 3.95. The molecule has 0 aliphatic carbocycles. The molecule has 0 saturated carbocycles. The van der Waals surface area contributed by atoms with Crippen LogP contribution in [-0.2, 0) is 0 Å². The number of hydrogen-bond donors (Lipinski definition) is 2. The molecule has 0 fully saturated rings. The number of nitrogens with one attached hydrogen (secondary N) is 2. The summed E-state index contributed by atoms with van der Waals surface area (Å²) in [5.74, 6) is 1.11. The maximum absolute atomic E-state index is 8.99. The molecule has 0 bridgehead atoms. The second-order valence-corrected chi connectivity index (χ2v) is 6.03. The van der Waals surface area contributed by atoms with Crippen LogP contribution in [0.3, 0.4) is 0 Å². The van der Waals surface area contributed by atoms with Gasteiger partial charge in [0, 0.05) is 28.2 Å². The van der Waals surface area contributed by atoms with E-state index in [1.165, 1.54) is 0 Å². The molecule has 0 unspecified atom stereocenters. The molecule has 3 rings (SSSR count). The summed E-state index contributed by atoms with van der Waals surface area (Å²) in [5, 5.41) is 16.0. The zero-order chi connectivity index (χ0) is 17.8. The van der Waals surface area contributed by atoms with Crippen molar-refractivity contribution in [2.24, 2.45) is 0 Å². The van der Waals surface area contributed by atoms with Crippen molar-refractivity contribution in [2.75, 3.05) is 10.6 Å². The quantitative estimate of drug-likeness (QED) is 0.685. The average Bonchev–Trinajstić information content (AvgIpc) is 2.58. The Morgan fingerprint density at radius 2 is 1.76 bits per heavy atom. The first kappa shape index (κ1) is 16.7. The van der Waals surface area contributed by atoms with Crippen molar-refractivity contribution in [2.45, 2.75) is 13.8 Å². The highest BCUT2D eigenvalue weighted by Crippen LogP contribution is 2.24. The molecule has 25 heavy (non-hydrogen) atoms. The molecule has 0 saturated heterocycles. The molecule has 2 N–H and O–H groups in total. The second-order valence-electron chi connectivity index (χ2n) is 5.62. The van der Waals surface area contributed by atoms with Crippen LogP contribution in [-0.4, -0.2) is 9.97 Å². The van der Waals surface area contributed by atoms with Gasteiger partial charge in [0.2, 0.25) is 5.95 Å². The highest BCUT2D eigenvalue weighted by molar-refractivity contribution is 6.31. The van der Waals surface area contributed by atoms with Crippen LogP contribution in [0.15, 0.2) is 48.5 Å². The number of rotatable bonds is 4. The van der Waals surface area contributed by atoms with Gasteiger partial charge in [-0.15, -0.1) is 0 Å². The van der Waals surface area contributed by atoms with Gasteiger partial charge in [0.1, 0.15) is 5.82 Å². The third-order valence-electron chi connectivity index (χ3n) is 3.55. The first-order valence-electron chi connectivity index (χ1n) is 7.69. The van der Waals surface area contributed by atoms with Crippen LogP contribution in [0.2, 0.25) is 5.02 Å². The van der Waals surface area contributed by atoms with E-state index in [4.69, 9.17) is 16.9 Å². The van der Waals surface area contributed by atoms with E-state index in [0.29, 0.717) is 22.4 Å². The summed E-state index contributed by atoms with van der Waals surface area (Å²) >= 11 is 6.17. The first-order valence-corrected chi connectivity index (χ1v) is 8.07. The summed E-state index contributed by atoms with van der Waals surface area (Å²) in [7, 11) is 0. The second kappa shape index (κ2) is 7.20. The molecule has 124 valence electrons. The van der Waals surface area contributed by atoms with Crippen LogP contribution in [0.4, 0.5) is 23.1 Å². The summed E-state index contributed by atoms with van der Waals surface area (Å²) in [6.07, 6.45) is 0. The fourth-order valence-corrected chi connectivity index (χ4v) is 2.48. The SMILES string of the molecule is Cc1cc(Nc2ccc(C)c(Cl)c2)nc(Nc2cccc(C#N)c2)n1. The lowest BCUT2D eigenvalue weighted by atomic mass is 10.2. The Kier molecular flexibility index (Phi) is 4.82. The van der Waals surface area contributed by atoms with Gasteiger partial charge >= 0.3 is 0 Å². The number of nitriles is 1. The van der Waals surface area contributed by atoms with Gasteiger partial charge in [-0.1, -0.05) is 23.7 Å². The van der Waals surface area contributed by atoms with E-state index in [2.05, 4.69) is 26.7 Å². The predicted molar refractivity (Wildman–Crippen MR) is 101 cm³/mol. The van der Waals surface area contributed by atoms with Crippen LogP contribution in [0, 0.1) is 25.2 Å². The van der Waals surface area contributed by atoms with Gasteiger partial charge < -0.3 is 10.6 Å². The molecule has 0 spiro atoms. The van der Waals surface area contributed by atoms with Crippen molar-refractivity contribution in [1.29, 1.82) is 5.26 Å². The van der Waals surface area contributed by atoms with Gasteiger partial charge in [-0.05, 0) is 49.7 Å². The van der Waals surface area contributed by atoms with E-state index in [-0.39, 0.29) is 0 Å². The summed E-state index contributed by atoms with van der Waals surface area (Å²) < 4.78 is 0. The zero-order valence-corrected chi connectivity index (χ0v) is 14.6. The highest BCUT2D eigenvalue weighted by Gasteiger charge is 2.05. The number of aromatic nitrogens is 2. The van der Waals surface area contributed by atoms with Crippen molar-refractivity contribution in [3.63, 3.8) is 0 Å². The Bertz CT molecular complexity index is 962. The monoisotopic (exact) mass is 349 g/mol. The smallest absolute Gasteiger partial charge is 0.229 e. The van der Waals surface area contributed by atoms with E-state index >= 15 is 0 Å². The molecule has 2 aromatic carbocycles. The predicted octanol–water partition coefficient (Wildman–Crippen LogP) is 5.11. The normalized spacial score (nSPS) is 10.2. The van der Waals surface area contributed by atoms with Crippen LogP contribution in [0.5, 0.6) is 0 Å². The number of aryl methyl sites for hydroxylation is 2. The number of benzene rings is 2. The maximum Gasteiger partial charge on any atom is 0.229 e. The van der Waals surface area contributed by atoms with E-state index in [9.17, 15) is 0 Å². The minimum atomic E-state index is 0.454. The Balaban J connectivity index is 1.84. The topological polar surface area (TPSA) is 73.6 Å². The van der Waals surface area contributed by atoms with Crippen molar-refractivity contribution >= 4 is 34.7 Å². The van der Waals surface area contributed by atoms with E-state index in [0.717, 1.165) is 22.6 Å². The lowest BCUT2D eigenvalue weighted by molar-refractivity contribution is 1.11. The molecular formula is C19H16ClN5. The Hall–Kier alpha value is -3.10. The fraction of sp³-hybridized carbons (Fsp3) is 0.105. The van der Waals surface area contributed by atoms with Crippen molar-refractivity contribution in [3.8, 4) is 6.07 Å². The molecule has 1 aromatic heterocycles. The standard InChI is InChI=1S/C19H16ClN5/c1-12-6-7-16(10-17(12)20)23-18-8-13(2)22-19(25-18)24-15-5-3-4-14(9-15)11-21/h3-10H,1-2H3,(H2,22,23,24,25). The van der Waals surface area contributed by atoms with E-state index in [1.807, 2.05) is 50.2 Å². The molecule has 1 heterocycles. The van der Waals surface area contributed by atoms with Crippen LogP contribution >= 0.6 is 11.6 Å². The first-order chi connectivity index (χ1) is 12.0. The Labute approximate surface area is 151 Å². The molecule has 0 amide bonds. The van der Waals surface area contributed by atoms with Gasteiger partial charge in [-0.3, -0.25) is 0 Å². The van der Waals surface area contributed by atoms with Crippen molar-refractivity contribution in [3.05, 3.63) is 70.4 Å². The molecular weight excluding hydrogens is 334 g/mol. The molecule has 5 nitrogen and oxygen atoms in total. The van der Waals surface area contributed by atoms with Gasteiger partial charge in [-0.25, -0.2) is 4.98 Å². The number of halogens is 1. The Morgan fingerprint density at radius 3 is 2.52 bits per heavy atom. The number of nitrogens with zero attached hydrogens (tertiary/aromatic N) is 3. The summed E-state index contributed by atoms with van der Waals surface area (Å²) in [5.41, 5.74) is 4.02. The lowest BCUT2D eigenvalue weighted by Crippen LogP contribution is -2.02.